The molecule has 4 nitrogen and oxygen atoms in total. The molecule has 0 heterocycles. The number of amides is 1. The zero-order valence-electron chi connectivity index (χ0n) is 9.98. The summed E-state index contributed by atoms with van der Waals surface area (Å²) in [6.07, 6.45) is 3.94. The second-order valence-corrected chi connectivity index (χ2v) is 4.23. The highest BCUT2D eigenvalue weighted by molar-refractivity contribution is 5.85. The lowest BCUT2D eigenvalue weighted by Gasteiger charge is -2.16. The second-order valence-electron chi connectivity index (χ2n) is 4.23. The second kappa shape index (κ2) is 8.79. The molecule has 0 unspecified atom stereocenters. The van der Waals surface area contributed by atoms with E-state index < -0.39 is 0 Å². The Morgan fingerprint density at radius 2 is 2.19 bits per heavy atom. The smallest absolute Gasteiger partial charge is 0.222 e. The first-order chi connectivity index (χ1) is 7.24. The number of hydrogen-bond donors (Lipinski definition) is 1. The van der Waals surface area contributed by atoms with Crippen LogP contribution in [0.25, 0.3) is 0 Å². The molecule has 96 valence electrons. The summed E-state index contributed by atoms with van der Waals surface area (Å²) < 4.78 is 5.46. The Morgan fingerprint density at radius 1 is 1.50 bits per heavy atom. The molecule has 0 spiro atoms. The Balaban J connectivity index is 0.00000225. The van der Waals surface area contributed by atoms with E-state index in [0.717, 1.165) is 18.9 Å². The van der Waals surface area contributed by atoms with Gasteiger partial charge in [-0.25, -0.2) is 0 Å². The van der Waals surface area contributed by atoms with Crippen molar-refractivity contribution in [2.45, 2.75) is 25.7 Å². The number of likely N-dealkylation sites (N-methyl/N-ethyl adjacent to an activating group) is 1. The molecule has 0 saturated heterocycles. The summed E-state index contributed by atoms with van der Waals surface area (Å²) in [4.78, 5) is 13.2. The number of nitrogens with two attached hydrogens (primary N) is 1. The largest absolute Gasteiger partial charge is 0.379 e. The van der Waals surface area contributed by atoms with Crippen LogP contribution >= 0.6 is 12.4 Å². The molecule has 0 radical (unpaired) electrons. The molecule has 0 atom stereocenters. The summed E-state index contributed by atoms with van der Waals surface area (Å²) in [5.74, 6) is 0.957. The van der Waals surface area contributed by atoms with Gasteiger partial charge in [0, 0.05) is 26.6 Å². The lowest BCUT2D eigenvalue weighted by Crippen LogP contribution is -2.30. The standard InChI is InChI=1S/C11H22N2O2.ClH/c1-13(11(14)3-2-6-12)7-8-15-9-10-4-5-10;/h10H,2-9,12H2,1H3;1H. The van der Waals surface area contributed by atoms with Crippen molar-refractivity contribution in [2.24, 2.45) is 11.7 Å². The SMILES string of the molecule is CN(CCOCC1CC1)C(=O)CCCN.Cl. The van der Waals surface area contributed by atoms with Crippen molar-refractivity contribution in [1.29, 1.82) is 0 Å². The molecule has 5 heteroatoms. The molecule has 16 heavy (non-hydrogen) atoms. The van der Waals surface area contributed by atoms with E-state index in [9.17, 15) is 4.79 Å². The van der Waals surface area contributed by atoms with Crippen LogP contribution in [0.15, 0.2) is 0 Å². The molecule has 0 aromatic heterocycles. The van der Waals surface area contributed by atoms with E-state index in [-0.39, 0.29) is 18.3 Å². The fourth-order valence-corrected chi connectivity index (χ4v) is 1.30. The molecule has 1 rings (SSSR count). The average molecular weight is 251 g/mol. The summed E-state index contributed by atoms with van der Waals surface area (Å²) in [6.45, 7) is 2.79. The van der Waals surface area contributed by atoms with Gasteiger partial charge in [-0.1, -0.05) is 0 Å². The Morgan fingerprint density at radius 3 is 2.75 bits per heavy atom. The first-order valence-corrected chi connectivity index (χ1v) is 5.76. The van der Waals surface area contributed by atoms with Crippen molar-refractivity contribution < 1.29 is 9.53 Å². The minimum absolute atomic E-state index is 0. The van der Waals surface area contributed by atoms with Gasteiger partial charge < -0.3 is 15.4 Å². The van der Waals surface area contributed by atoms with Crippen molar-refractivity contribution in [1.82, 2.24) is 4.90 Å². The van der Waals surface area contributed by atoms with Crippen LogP contribution in [0.5, 0.6) is 0 Å². The van der Waals surface area contributed by atoms with Gasteiger partial charge in [0.1, 0.15) is 0 Å². The fourth-order valence-electron chi connectivity index (χ4n) is 1.30. The van der Waals surface area contributed by atoms with E-state index in [0.29, 0.717) is 26.1 Å². The number of carbonyl (C=O) groups is 1. The zero-order valence-corrected chi connectivity index (χ0v) is 10.8. The third-order valence-corrected chi connectivity index (χ3v) is 2.64. The summed E-state index contributed by atoms with van der Waals surface area (Å²) in [5.41, 5.74) is 5.34. The van der Waals surface area contributed by atoms with E-state index in [1.54, 1.807) is 4.90 Å². The highest BCUT2D eigenvalue weighted by atomic mass is 35.5. The summed E-state index contributed by atoms with van der Waals surface area (Å²) >= 11 is 0. The van der Waals surface area contributed by atoms with Crippen LogP contribution in [-0.4, -0.2) is 44.2 Å². The molecule has 1 fully saturated rings. The lowest BCUT2D eigenvalue weighted by atomic mass is 10.3. The maximum atomic E-state index is 11.5. The van der Waals surface area contributed by atoms with Crippen LogP contribution in [0.1, 0.15) is 25.7 Å². The van der Waals surface area contributed by atoms with E-state index in [4.69, 9.17) is 10.5 Å². The summed E-state index contributed by atoms with van der Waals surface area (Å²) in [5, 5.41) is 0. The molecule has 0 bridgehead atoms. The predicted octanol–water partition coefficient (Wildman–Crippen LogP) is 1.03. The molecule has 1 aliphatic carbocycles. The molecule has 0 aromatic carbocycles. The molecule has 2 N–H and O–H groups in total. The monoisotopic (exact) mass is 250 g/mol. The van der Waals surface area contributed by atoms with Crippen LogP contribution in [0.3, 0.4) is 0 Å². The van der Waals surface area contributed by atoms with Gasteiger partial charge in [-0.2, -0.15) is 0 Å². The quantitative estimate of drug-likeness (QED) is 0.655. The number of hydrogen-bond acceptors (Lipinski definition) is 3. The summed E-state index contributed by atoms with van der Waals surface area (Å²) in [7, 11) is 1.82. The number of carbonyl (C=O) groups excluding carboxylic acids is 1. The highest BCUT2D eigenvalue weighted by Crippen LogP contribution is 2.28. The Kier molecular flexibility index (Phi) is 8.61. The number of halogens is 1. The zero-order chi connectivity index (χ0) is 11.1. The van der Waals surface area contributed by atoms with Crippen LogP contribution < -0.4 is 5.73 Å². The van der Waals surface area contributed by atoms with Crippen LogP contribution in [0.4, 0.5) is 0 Å². The van der Waals surface area contributed by atoms with Crippen LogP contribution in [-0.2, 0) is 9.53 Å². The van der Waals surface area contributed by atoms with Crippen molar-refractivity contribution in [3.05, 3.63) is 0 Å². The molecule has 0 aliphatic heterocycles. The van der Waals surface area contributed by atoms with Gasteiger partial charge in [-0.3, -0.25) is 4.79 Å². The normalized spacial score (nSPS) is 14.4. The number of ether oxygens (including phenoxy) is 1. The maximum Gasteiger partial charge on any atom is 0.222 e. The Bertz CT molecular complexity index is 198. The molecule has 1 saturated carbocycles. The van der Waals surface area contributed by atoms with E-state index in [1.807, 2.05) is 7.05 Å². The minimum atomic E-state index is 0. The van der Waals surface area contributed by atoms with Gasteiger partial charge in [0.05, 0.1) is 6.61 Å². The van der Waals surface area contributed by atoms with Gasteiger partial charge in [-0.05, 0) is 31.7 Å². The first-order valence-electron chi connectivity index (χ1n) is 5.76. The Labute approximate surface area is 104 Å². The van der Waals surface area contributed by atoms with Gasteiger partial charge in [-0.15, -0.1) is 12.4 Å². The van der Waals surface area contributed by atoms with E-state index >= 15 is 0 Å². The predicted molar refractivity (Wildman–Crippen MR) is 66.7 cm³/mol. The average Bonchev–Trinajstić information content (AvgIpc) is 3.04. The lowest BCUT2D eigenvalue weighted by molar-refractivity contribution is -0.130. The summed E-state index contributed by atoms with van der Waals surface area (Å²) in [6, 6.07) is 0. The molecular weight excluding hydrogens is 228 g/mol. The first kappa shape index (κ1) is 15.7. The number of rotatable bonds is 8. The number of nitrogens with zero attached hydrogens (tertiary/aromatic N) is 1. The van der Waals surface area contributed by atoms with Crippen LogP contribution in [0.2, 0.25) is 0 Å². The van der Waals surface area contributed by atoms with E-state index in [1.165, 1.54) is 12.8 Å². The van der Waals surface area contributed by atoms with Crippen molar-refractivity contribution in [2.75, 3.05) is 33.4 Å². The van der Waals surface area contributed by atoms with Gasteiger partial charge in [0.2, 0.25) is 5.91 Å². The maximum absolute atomic E-state index is 11.5. The third-order valence-electron chi connectivity index (χ3n) is 2.64. The Hall–Kier alpha value is -0.320. The van der Waals surface area contributed by atoms with Gasteiger partial charge in [0.25, 0.3) is 0 Å². The van der Waals surface area contributed by atoms with Gasteiger partial charge >= 0.3 is 0 Å². The highest BCUT2D eigenvalue weighted by Gasteiger charge is 2.21. The molecule has 1 amide bonds. The van der Waals surface area contributed by atoms with Crippen LogP contribution in [0, 0.1) is 5.92 Å². The third kappa shape index (κ3) is 7.04. The van der Waals surface area contributed by atoms with Crippen molar-refractivity contribution >= 4 is 18.3 Å². The molecule has 0 aromatic rings. The van der Waals surface area contributed by atoms with Gasteiger partial charge in [0.15, 0.2) is 0 Å². The minimum Gasteiger partial charge on any atom is -0.379 e. The topological polar surface area (TPSA) is 55.6 Å². The molecule has 1 aliphatic rings. The van der Waals surface area contributed by atoms with E-state index in [2.05, 4.69) is 0 Å². The molecular formula is C11H23ClN2O2. The fraction of sp³-hybridized carbons (Fsp3) is 0.909. The van der Waals surface area contributed by atoms with Crippen molar-refractivity contribution in [3.8, 4) is 0 Å². The van der Waals surface area contributed by atoms with Crippen molar-refractivity contribution in [3.63, 3.8) is 0 Å².